The summed E-state index contributed by atoms with van der Waals surface area (Å²) in [7, 11) is 0. The Bertz CT molecular complexity index is 2670. The first-order valence-corrected chi connectivity index (χ1v) is 22.8. The fourth-order valence-corrected chi connectivity index (χ4v) is 9.25. The first-order chi connectivity index (χ1) is 32.3. The molecule has 0 spiro atoms. The van der Waals surface area contributed by atoms with Crippen LogP contribution in [0.5, 0.6) is 17.2 Å². The Morgan fingerprint density at radius 3 is 2.25 bits per heavy atom. The zero-order chi connectivity index (χ0) is 46.9. The van der Waals surface area contributed by atoms with E-state index in [0.29, 0.717) is 66.0 Å². The SMILES string of the molecule is O=C(C[C@@H](c1ccccc1)c1cccc(OCc2ccc(C(=O)N(CCCCC[C@H](O)c3ccc(O)c4[nH]c(=O)ccc34)Cc3ccc(OC(F)(F)F)cc3)cc2)c1)O[C@H]1CN2CCC1CC2. The number of halogens is 3. The molecule has 3 N–H and O–H groups in total. The lowest BCUT2D eigenvalue weighted by Crippen LogP contribution is -2.52. The van der Waals surface area contributed by atoms with Crippen LogP contribution in [-0.2, 0) is 22.7 Å². The van der Waals surface area contributed by atoms with E-state index in [9.17, 15) is 37.8 Å². The van der Waals surface area contributed by atoms with Crippen LogP contribution in [0, 0.1) is 5.92 Å². The van der Waals surface area contributed by atoms with Crippen molar-refractivity contribution in [1.29, 1.82) is 0 Å². The number of piperidine rings is 3. The normalized spacial score (nSPS) is 17.7. The molecule has 3 atom stereocenters. The first-order valence-electron chi connectivity index (χ1n) is 22.8. The van der Waals surface area contributed by atoms with Crippen LogP contribution in [0.1, 0.15) is 95.1 Å². The molecule has 11 nitrogen and oxygen atoms in total. The van der Waals surface area contributed by atoms with Gasteiger partial charge in [-0.3, -0.25) is 19.3 Å². The lowest BCUT2D eigenvalue weighted by molar-refractivity contribution is -0.274. The minimum Gasteiger partial charge on any atom is -0.506 e. The average molecular weight is 918 g/mol. The summed E-state index contributed by atoms with van der Waals surface area (Å²) >= 11 is 0. The highest BCUT2D eigenvalue weighted by Crippen LogP contribution is 2.35. The molecule has 3 saturated heterocycles. The minimum atomic E-state index is -4.83. The van der Waals surface area contributed by atoms with Gasteiger partial charge in [-0.05, 0) is 121 Å². The molecule has 14 heteroatoms. The lowest BCUT2D eigenvalue weighted by atomic mass is 9.85. The molecule has 0 aliphatic carbocycles. The molecular formula is C53H54F3N3O8. The second-order valence-electron chi connectivity index (χ2n) is 17.5. The maximum Gasteiger partial charge on any atom is 0.573 e. The van der Waals surface area contributed by atoms with Gasteiger partial charge in [0.2, 0.25) is 5.56 Å². The lowest BCUT2D eigenvalue weighted by Gasteiger charge is -2.44. The smallest absolute Gasteiger partial charge is 0.506 e. The van der Waals surface area contributed by atoms with Gasteiger partial charge in [-0.25, -0.2) is 0 Å². The monoisotopic (exact) mass is 917 g/mol. The van der Waals surface area contributed by atoms with E-state index in [4.69, 9.17) is 9.47 Å². The number of esters is 1. The number of unbranched alkanes of at least 4 members (excludes halogenated alkanes) is 2. The van der Waals surface area contributed by atoms with E-state index < -0.39 is 12.5 Å². The number of nitrogens with zero attached hydrogens (tertiary/aromatic N) is 2. The Balaban J connectivity index is 0.896. The molecular weight excluding hydrogens is 864 g/mol. The van der Waals surface area contributed by atoms with Crippen LogP contribution in [-0.4, -0.2) is 75.5 Å². The summed E-state index contributed by atoms with van der Waals surface area (Å²) in [4.78, 5) is 46.0. The molecule has 0 radical (unpaired) electrons. The number of H-pyrrole nitrogens is 1. The van der Waals surface area contributed by atoms with Gasteiger partial charge in [0.25, 0.3) is 5.91 Å². The van der Waals surface area contributed by atoms with Gasteiger partial charge in [0, 0.05) is 42.6 Å². The quantitative estimate of drug-likeness (QED) is 0.0535. The standard InChI is InChI=1S/C53H54F3N3O8/c54-53(55,56)67-41-19-15-35(16-20-41)32-59(27-6-2-5-12-46(60)43-21-23-47(61)51-44(43)22-24-49(62)57-51)52(64)39-17-13-36(14-18-39)34-65-42-11-7-10-40(30-42)45(37-8-3-1-4-9-37)31-50(63)66-48-33-58-28-25-38(48)26-29-58/h1,3-4,7-11,13-24,30,38,45-46,48,60-61H,2,5-6,12,25-29,31-34H2,(H,57,62)/t45-,46-,48-/m0/s1. The highest BCUT2D eigenvalue weighted by atomic mass is 19.4. The molecule has 0 saturated carbocycles. The summed E-state index contributed by atoms with van der Waals surface area (Å²) in [5.41, 5.74) is 4.25. The van der Waals surface area contributed by atoms with E-state index >= 15 is 0 Å². The highest BCUT2D eigenvalue weighted by molar-refractivity contribution is 5.94. The average Bonchev–Trinajstić information content (AvgIpc) is 3.33. The van der Waals surface area contributed by atoms with Crippen molar-refractivity contribution in [3.63, 3.8) is 0 Å². The van der Waals surface area contributed by atoms with Crippen molar-refractivity contribution in [2.45, 2.75) is 82.6 Å². The summed E-state index contributed by atoms with van der Waals surface area (Å²) < 4.78 is 54.9. The van der Waals surface area contributed by atoms with Gasteiger partial charge in [-0.1, -0.05) is 85.6 Å². The number of carbonyl (C=O) groups is 2. The fraction of sp³-hybridized carbons (Fsp3) is 0.340. The summed E-state index contributed by atoms with van der Waals surface area (Å²) in [5, 5.41) is 21.8. The molecule has 5 aromatic carbocycles. The predicted molar refractivity (Wildman–Crippen MR) is 247 cm³/mol. The van der Waals surface area contributed by atoms with E-state index in [1.165, 1.54) is 36.4 Å². The van der Waals surface area contributed by atoms with Gasteiger partial charge in [0.15, 0.2) is 0 Å². The summed E-state index contributed by atoms with van der Waals surface area (Å²) in [6.07, 6.45) is -1.21. The molecule has 3 aliphatic heterocycles. The molecule has 3 aliphatic rings. The summed E-state index contributed by atoms with van der Waals surface area (Å²) in [6, 6.07) is 36.1. The van der Waals surface area contributed by atoms with Crippen LogP contribution in [0.15, 0.2) is 132 Å². The van der Waals surface area contributed by atoms with E-state index in [0.717, 1.165) is 49.2 Å². The number of aliphatic hydroxyl groups excluding tert-OH is 1. The summed E-state index contributed by atoms with van der Waals surface area (Å²) in [5.74, 6) is -0.113. The topological polar surface area (TPSA) is 142 Å². The number of hydrogen-bond acceptors (Lipinski definition) is 9. The molecule has 1 amide bonds. The molecule has 6 aromatic rings. The van der Waals surface area contributed by atoms with E-state index in [2.05, 4.69) is 14.6 Å². The van der Waals surface area contributed by atoms with Crippen molar-refractivity contribution in [1.82, 2.24) is 14.8 Å². The molecule has 0 unspecified atom stereocenters. The van der Waals surface area contributed by atoms with Crippen LogP contribution in [0.25, 0.3) is 10.9 Å². The number of nitrogens with one attached hydrogen (secondary N) is 1. The number of rotatable bonds is 19. The number of ether oxygens (including phenoxy) is 3. The number of fused-ring (bicyclic) bond motifs is 4. The number of hydrogen-bond donors (Lipinski definition) is 3. The molecule has 3 fully saturated rings. The van der Waals surface area contributed by atoms with Crippen LogP contribution >= 0.6 is 0 Å². The van der Waals surface area contributed by atoms with Crippen molar-refractivity contribution >= 4 is 22.8 Å². The second-order valence-corrected chi connectivity index (χ2v) is 17.5. The van der Waals surface area contributed by atoms with Gasteiger partial charge < -0.3 is 34.3 Å². The van der Waals surface area contributed by atoms with E-state index in [1.54, 1.807) is 29.2 Å². The number of phenolic OH excluding ortho intramolecular Hbond substituents is 1. The zero-order valence-corrected chi connectivity index (χ0v) is 37.0. The molecule has 4 heterocycles. The number of aliphatic hydroxyl groups is 1. The number of benzene rings is 5. The van der Waals surface area contributed by atoms with Crippen molar-refractivity contribution in [2.24, 2.45) is 5.92 Å². The maximum atomic E-state index is 14.1. The number of alkyl halides is 3. The number of aromatic nitrogens is 1. The number of pyridine rings is 1. The van der Waals surface area contributed by atoms with Crippen LogP contribution in [0.4, 0.5) is 13.2 Å². The van der Waals surface area contributed by atoms with Gasteiger partial charge >= 0.3 is 12.3 Å². The number of amides is 1. The Hall–Kier alpha value is -6.64. The van der Waals surface area contributed by atoms with Crippen molar-refractivity contribution in [3.8, 4) is 17.2 Å². The Morgan fingerprint density at radius 2 is 1.54 bits per heavy atom. The number of phenols is 1. The number of aromatic amines is 1. The zero-order valence-electron chi connectivity index (χ0n) is 37.0. The third-order valence-electron chi connectivity index (χ3n) is 12.8. The Kier molecular flexibility index (Phi) is 14.9. The molecule has 9 rings (SSSR count). The molecule has 1 aromatic heterocycles. The third-order valence-corrected chi connectivity index (χ3v) is 12.8. The molecule has 67 heavy (non-hydrogen) atoms. The van der Waals surface area contributed by atoms with Gasteiger partial charge in [0.05, 0.1) is 18.0 Å². The van der Waals surface area contributed by atoms with Gasteiger partial charge in [0.1, 0.15) is 30.0 Å². The predicted octanol–water partition coefficient (Wildman–Crippen LogP) is 9.81. The second kappa shape index (κ2) is 21.3. The van der Waals surface area contributed by atoms with E-state index in [-0.39, 0.29) is 66.0 Å². The van der Waals surface area contributed by atoms with Crippen molar-refractivity contribution in [2.75, 3.05) is 26.2 Å². The van der Waals surface area contributed by atoms with Gasteiger partial charge in [-0.15, -0.1) is 13.2 Å². The Morgan fingerprint density at radius 1 is 0.806 bits per heavy atom. The summed E-state index contributed by atoms with van der Waals surface area (Å²) in [6.45, 7) is 3.62. The largest absolute Gasteiger partial charge is 0.573 e. The van der Waals surface area contributed by atoms with Crippen LogP contribution in [0.2, 0.25) is 0 Å². The van der Waals surface area contributed by atoms with Crippen molar-refractivity contribution < 1.29 is 47.2 Å². The number of carbonyl (C=O) groups excluding carboxylic acids is 2. The Labute approximate surface area is 386 Å². The third kappa shape index (κ3) is 12.4. The number of aromatic hydroxyl groups is 1. The van der Waals surface area contributed by atoms with Gasteiger partial charge in [-0.2, -0.15) is 0 Å². The molecule has 350 valence electrons. The molecule has 2 bridgehead atoms. The van der Waals surface area contributed by atoms with Crippen LogP contribution in [0.3, 0.4) is 0 Å². The first kappa shape index (κ1) is 46.9. The maximum absolute atomic E-state index is 14.1. The van der Waals surface area contributed by atoms with E-state index in [1.807, 2.05) is 66.7 Å². The minimum absolute atomic E-state index is 0.0676. The fourth-order valence-electron chi connectivity index (χ4n) is 9.25. The van der Waals surface area contributed by atoms with Crippen molar-refractivity contribution in [3.05, 3.63) is 171 Å². The highest BCUT2D eigenvalue weighted by Gasteiger charge is 2.37. The van der Waals surface area contributed by atoms with Crippen LogP contribution < -0.4 is 15.0 Å².